The van der Waals surface area contributed by atoms with Gasteiger partial charge >= 0.3 is 5.97 Å². The Hall–Kier alpha value is -1.63. The quantitative estimate of drug-likeness (QED) is 0.458. The largest absolute Gasteiger partial charge is 0.474 e. The molecule has 6 nitrogen and oxygen atoms in total. The fraction of sp³-hybridized carbons (Fsp3) is 0.455. The molecule has 1 unspecified atom stereocenters. The zero-order chi connectivity index (χ0) is 13.0. The zero-order valence-corrected chi connectivity index (χ0v) is 10.9. The molecule has 1 aromatic heterocycles. The van der Waals surface area contributed by atoms with E-state index in [-0.39, 0.29) is 12.6 Å². The molecule has 1 aliphatic rings. The highest BCUT2D eigenvalue weighted by molar-refractivity contribution is 7.98. The normalized spacial score (nSPS) is 18.1. The van der Waals surface area contributed by atoms with E-state index in [0.717, 1.165) is 5.03 Å². The summed E-state index contributed by atoms with van der Waals surface area (Å²) >= 11 is 1.47. The van der Waals surface area contributed by atoms with E-state index in [2.05, 4.69) is 15.0 Å². The van der Waals surface area contributed by atoms with Crippen molar-refractivity contribution in [3.63, 3.8) is 0 Å². The van der Waals surface area contributed by atoms with Crippen LogP contribution in [-0.2, 0) is 14.3 Å². The second kappa shape index (κ2) is 5.81. The molecule has 0 amide bonds. The van der Waals surface area contributed by atoms with Crippen molar-refractivity contribution in [1.82, 2.24) is 9.97 Å². The van der Waals surface area contributed by atoms with Crippen LogP contribution in [0.5, 0.6) is 0 Å². The number of esters is 1. The average Bonchev–Trinajstić information content (AvgIpc) is 2.88. The van der Waals surface area contributed by atoms with Gasteiger partial charge in [0, 0.05) is 6.20 Å². The number of nitrogens with zero attached hydrogens (tertiary/aromatic N) is 3. The summed E-state index contributed by atoms with van der Waals surface area (Å²) < 4.78 is 10.3. The third kappa shape index (κ3) is 2.61. The predicted molar refractivity (Wildman–Crippen MR) is 66.7 cm³/mol. The summed E-state index contributed by atoms with van der Waals surface area (Å²) in [7, 11) is 0. The summed E-state index contributed by atoms with van der Waals surface area (Å²) in [6, 6.07) is -0.588. The van der Waals surface area contributed by atoms with E-state index in [1.807, 2.05) is 6.26 Å². The molecule has 96 valence electrons. The van der Waals surface area contributed by atoms with E-state index in [1.54, 1.807) is 13.1 Å². The van der Waals surface area contributed by atoms with Crippen molar-refractivity contribution in [3.05, 3.63) is 18.1 Å². The van der Waals surface area contributed by atoms with Gasteiger partial charge in [-0.3, -0.25) is 0 Å². The van der Waals surface area contributed by atoms with Gasteiger partial charge in [0.1, 0.15) is 18.0 Å². The highest BCUT2D eigenvalue weighted by Crippen LogP contribution is 2.20. The number of rotatable bonds is 4. The Balaban J connectivity index is 2.20. The summed E-state index contributed by atoms with van der Waals surface area (Å²) in [6.45, 7) is 2.30. The highest BCUT2D eigenvalue weighted by Gasteiger charge is 2.28. The Kier molecular flexibility index (Phi) is 4.14. The Morgan fingerprint density at radius 3 is 3.22 bits per heavy atom. The monoisotopic (exact) mass is 267 g/mol. The van der Waals surface area contributed by atoms with Crippen molar-refractivity contribution < 1.29 is 14.3 Å². The van der Waals surface area contributed by atoms with Gasteiger partial charge in [-0.1, -0.05) is 0 Å². The number of aromatic nitrogens is 2. The lowest BCUT2D eigenvalue weighted by Crippen LogP contribution is -2.22. The lowest BCUT2D eigenvalue weighted by molar-refractivity contribution is -0.144. The second-order valence-electron chi connectivity index (χ2n) is 3.46. The fourth-order valence-electron chi connectivity index (χ4n) is 1.51. The first-order chi connectivity index (χ1) is 8.76. The summed E-state index contributed by atoms with van der Waals surface area (Å²) in [5.41, 5.74) is 0.705. The molecule has 1 aliphatic heterocycles. The molecule has 2 heterocycles. The molecule has 0 saturated heterocycles. The van der Waals surface area contributed by atoms with Crippen LogP contribution in [0.15, 0.2) is 22.5 Å². The topological polar surface area (TPSA) is 73.7 Å². The summed E-state index contributed by atoms with van der Waals surface area (Å²) in [5, 5.41) is 0.772. The van der Waals surface area contributed by atoms with E-state index in [0.29, 0.717) is 18.1 Å². The minimum Gasteiger partial charge on any atom is -0.474 e. The van der Waals surface area contributed by atoms with E-state index >= 15 is 0 Å². The van der Waals surface area contributed by atoms with Crippen LogP contribution in [-0.4, -0.2) is 47.3 Å². The van der Waals surface area contributed by atoms with Gasteiger partial charge in [0.15, 0.2) is 6.04 Å². The zero-order valence-electron chi connectivity index (χ0n) is 10.1. The maximum atomic E-state index is 11.5. The van der Waals surface area contributed by atoms with Gasteiger partial charge in [0.2, 0.25) is 5.90 Å². The van der Waals surface area contributed by atoms with Crippen molar-refractivity contribution in [2.75, 3.05) is 19.5 Å². The molecule has 0 bridgehead atoms. The van der Waals surface area contributed by atoms with E-state index < -0.39 is 6.04 Å². The molecule has 1 aromatic rings. The molecule has 0 aromatic carbocycles. The van der Waals surface area contributed by atoms with Crippen LogP contribution in [0.3, 0.4) is 0 Å². The predicted octanol–water partition coefficient (Wildman–Crippen LogP) is 0.907. The number of aliphatic imine (C=N–C) groups is 1. The van der Waals surface area contributed by atoms with Gasteiger partial charge in [0.25, 0.3) is 0 Å². The Labute approximate surface area is 109 Å². The van der Waals surface area contributed by atoms with E-state index in [1.165, 1.54) is 18.1 Å². The number of ether oxygens (including phenoxy) is 2. The maximum Gasteiger partial charge on any atom is 0.334 e. The van der Waals surface area contributed by atoms with Gasteiger partial charge in [0.05, 0.1) is 12.2 Å². The summed E-state index contributed by atoms with van der Waals surface area (Å²) in [4.78, 5) is 23.8. The van der Waals surface area contributed by atoms with Gasteiger partial charge in [-0.2, -0.15) is 0 Å². The van der Waals surface area contributed by atoms with Crippen LogP contribution in [0, 0.1) is 0 Å². The molecule has 0 radical (unpaired) electrons. The van der Waals surface area contributed by atoms with Crippen molar-refractivity contribution in [3.8, 4) is 0 Å². The number of carbonyl (C=O) groups is 1. The maximum absolute atomic E-state index is 11.5. The Morgan fingerprint density at radius 2 is 2.50 bits per heavy atom. The second-order valence-corrected chi connectivity index (χ2v) is 4.25. The standard InChI is InChI=1S/C11H13N3O3S/c1-3-16-11(15)8-5-17-9(14-8)7-4-12-6-13-10(7)18-2/h4,6,8H,3,5H2,1-2H3. The van der Waals surface area contributed by atoms with Gasteiger partial charge in [-0.05, 0) is 13.2 Å². The first kappa shape index (κ1) is 12.8. The van der Waals surface area contributed by atoms with Gasteiger partial charge in [-0.15, -0.1) is 11.8 Å². The van der Waals surface area contributed by atoms with Crippen LogP contribution in [0.1, 0.15) is 12.5 Å². The average molecular weight is 267 g/mol. The third-order valence-electron chi connectivity index (χ3n) is 2.31. The molecular weight excluding hydrogens is 254 g/mol. The SMILES string of the molecule is CCOC(=O)C1COC(c2cncnc2SC)=N1. The molecule has 2 rings (SSSR count). The third-order valence-corrected chi connectivity index (χ3v) is 3.02. The molecular formula is C11H13N3O3S. The van der Waals surface area contributed by atoms with Crippen LogP contribution in [0.25, 0.3) is 0 Å². The first-order valence-electron chi connectivity index (χ1n) is 5.47. The van der Waals surface area contributed by atoms with Crippen molar-refractivity contribution in [2.45, 2.75) is 18.0 Å². The summed E-state index contributed by atoms with van der Waals surface area (Å²) in [5.74, 6) is 0.0352. The van der Waals surface area contributed by atoms with Gasteiger partial charge < -0.3 is 9.47 Å². The highest BCUT2D eigenvalue weighted by atomic mass is 32.2. The fourth-order valence-corrected chi connectivity index (χ4v) is 2.02. The van der Waals surface area contributed by atoms with Crippen LogP contribution >= 0.6 is 11.8 Å². The number of hydrogen-bond acceptors (Lipinski definition) is 7. The molecule has 1 atom stereocenters. The van der Waals surface area contributed by atoms with Crippen molar-refractivity contribution >= 4 is 23.6 Å². The number of carbonyl (C=O) groups excluding carboxylic acids is 1. The lowest BCUT2D eigenvalue weighted by Gasteiger charge is -2.04. The van der Waals surface area contributed by atoms with E-state index in [4.69, 9.17) is 9.47 Å². The van der Waals surface area contributed by atoms with Crippen molar-refractivity contribution in [1.29, 1.82) is 0 Å². The molecule has 7 heteroatoms. The Morgan fingerprint density at radius 1 is 1.67 bits per heavy atom. The first-order valence-corrected chi connectivity index (χ1v) is 6.70. The molecule has 0 fully saturated rings. The minimum atomic E-state index is -0.588. The smallest absolute Gasteiger partial charge is 0.334 e. The number of thioether (sulfide) groups is 1. The molecule has 18 heavy (non-hydrogen) atoms. The minimum absolute atomic E-state index is 0.205. The Bertz CT molecular complexity index is 478. The van der Waals surface area contributed by atoms with Crippen LogP contribution in [0.2, 0.25) is 0 Å². The molecule has 0 N–H and O–H groups in total. The summed E-state index contributed by atoms with van der Waals surface area (Å²) in [6.07, 6.45) is 5.00. The van der Waals surface area contributed by atoms with Crippen LogP contribution in [0.4, 0.5) is 0 Å². The van der Waals surface area contributed by atoms with E-state index in [9.17, 15) is 4.79 Å². The number of hydrogen-bond donors (Lipinski definition) is 0. The molecule has 0 spiro atoms. The lowest BCUT2D eigenvalue weighted by atomic mass is 10.3. The van der Waals surface area contributed by atoms with Crippen LogP contribution < -0.4 is 0 Å². The molecule has 0 aliphatic carbocycles. The molecule has 0 saturated carbocycles. The van der Waals surface area contributed by atoms with Gasteiger partial charge in [-0.25, -0.2) is 19.8 Å². The van der Waals surface area contributed by atoms with Crippen molar-refractivity contribution in [2.24, 2.45) is 4.99 Å².